The van der Waals surface area contributed by atoms with Crippen LogP contribution in [-0.2, 0) is 0 Å². The molecule has 206 valence electrons. The first-order chi connectivity index (χ1) is 19.5. The molecule has 0 N–H and O–H groups in total. The number of hydrogen-bond donors (Lipinski definition) is 0. The van der Waals surface area contributed by atoms with E-state index in [0.29, 0.717) is 0 Å². The van der Waals surface area contributed by atoms with Crippen LogP contribution < -0.4 is 28.4 Å². The Hall–Kier alpha value is -4.58. The van der Waals surface area contributed by atoms with Crippen molar-refractivity contribution in [3.63, 3.8) is 0 Å². The molecule has 0 fully saturated rings. The maximum Gasteiger partial charge on any atom is 0.127 e. The first-order valence-corrected chi connectivity index (χ1v) is 13.0. The highest BCUT2D eigenvalue weighted by Gasteiger charge is 2.41. The van der Waals surface area contributed by atoms with Crippen LogP contribution in [0, 0.1) is 0 Å². The molecule has 0 spiro atoms. The van der Waals surface area contributed by atoms with E-state index in [9.17, 15) is 0 Å². The van der Waals surface area contributed by atoms with Gasteiger partial charge in [-0.05, 0) is 70.3 Å². The van der Waals surface area contributed by atoms with Crippen molar-refractivity contribution in [1.82, 2.24) is 0 Å². The van der Waals surface area contributed by atoms with Gasteiger partial charge in [0.25, 0.3) is 0 Å². The van der Waals surface area contributed by atoms with Gasteiger partial charge in [-0.25, -0.2) is 0 Å². The smallest absolute Gasteiger partial charge is 0.127 e. The number of hydrogen-bond acceptors (Lipinski definition) is 6. The topological polar surface area (TPSA) is 55.4 Å². The summed E-state index contributed by atoms with van der Waals surface area (Å²) in [6.45, 7) is 0. The fourth-order valence-electron chi connectivity index (χ4n) is 5.56. The summed E-state index contributed by atoms with van der Waals surface area (Å²) in [6, 6.07) is 26.4. The maximum absolute atomic E-state index is 6.01. The van der Waals surface area contributed by atoms with Gasteiger partial charge < -0.3 is 28.4 Å². The molecule has 0 saturated carbocycles. The van der Waals surface area contributed by atoms with Gasteiger partial charge in [-0.3, -0.25) is 0 Å². The first kappa shape index (κ1) is 27.0. The summed E-state index contributed by atoms with van der Waals surface area (Å²) in [5.74, 6) is 4.41. The summed E-state index contributed by atoms with van der Waals surface area (Å²) < 4.78 is 34.0. The lowest BCUT2D eigenvalue weighted by molar-refractivity contribution is 0.388. The van der Waals surface area contributed by atoms with Gasteiger partial charge in [-0.15, -0.1) is 0 Å². The fourth-order valence-corrected chi connectivity index (χ4v) is 5.56. The molecule has 0 radical (unpaired) electrons. The lowest BCUT2D eigenvalue weighted by Crippen LogP contribution is -2.09. The van der Waals surface area contributed by atoms with Gasteiger partial charge in [0.05, 0.1) is 42.7 Å². The Labute approximate surface area is 235 Å². The van der Waals surface area contributed by atoms with Crippen LogP contribution in [0.5, 0.6) is 34.5 Å². The van der Waals surface area contributed by atoms with Gasteiger partial charge in [0, 0.05) is 29.5 Å². The molecule has 0 saturated heterocycles. The Bertz CT molecular complexity index is 1480. The number of ether oxygens (including phenoxy) is 6. The summed E-state index contributed by atoms with van der Waals surface area (Å²) in [7, 11) is 10.1. The summed E-state index contributed by atoms with van der Waals surface area (Å²) in [5, 5.41) is 0. The Balaban J connectivity index is 1.82. The molecular formula is C34H34O6. The molecule has 4 aromatic rings. The fraction of sp³-hybridized carbons (Fsp3) is 0.235. The van der Waals surface area contributed by atoms with Gasteiger partial charge in [-0.1, -0.05) is 30.3 Å². The molecular weight excluding hydrogens is 504 g/mol. The Morgan fingerprint density at radius 2 is 1.00 bits per heavy atom. The van der Waals surface area contributed by atoms with E-state index in [1.165, 1.54) is 0 Å². The number of benzene rings is 4. The van der Waals surface area contributed by atoms with E-state index >= 15 is 0 Å². The monoisotopic (exact) mass is 538 g/mol. The minimum absolute atomic E-state index is 0.0548. The average Bonchev–Trinajstić information content (AvgIpc) is 3.34. The highest BCUT2D eigenvalue weighted by molar-refractivity contribution is 5.93. The van der Waals surface area contributed by atoms with E-state index in [-0.39, 0.29) is 11.8 Å². The molecule has 1 aliphatic carbocycles. The lowest BCUT2D eigenvalue weighted by atomic mass is 9.79. The van der Waals surface area contributed by atoms with E-state index < -0.39 is 0 Å². The Kier molecular flexibility index (Phi) is 7.87. The zero-order valence-corrected chi connectivity index (χ0v) is 23.7. The van der Waals surface area contributed by atoms with Crippen LogP contribution in [0.3, 0.4) is 0 Å². The lowest BCUT2D eigenvalue weighted by Gasteiger charge is -2.25. The van der Waals surface area contributed by atoms with Crippen molar-refractivity contribution in [3.8, 4) is 34.5 Å². The van der Waals surface area contributed by atoms with Gasteiger partial charge >= 0.3 is 0 Å². The van der Waals surface area contributed by atoms with Crippen LogP contribution in [-0.4, -0.2) is 42.7 Å². The molecule has 0 aliphatic heterocycles. The van der Waals surface area contributed by atoms with E-state index in [1.54, 1.807) is 42.7 Å². The molecule has 5 rings (SSSR count). The number of methoxy groups -OCH3 is 6. The van der Waals surface area contributed by atoms with Gasteiger partial charge in [0.15, 0.2) is 0 Å². The normalized spacial score (nSPS) is 16.8. The maximum atomic E-state index is 6.01. The van der Waals surface area contributed by atoms with Crippen molar-refractivity contribution in [2.24, 2.45) is 0 Å². The van der Waals surface area contributed by atoms with Crippen LogP contribution >= 0.6 is 0 Å². The van der Waals surface area contributed by atoms with Crippen molar-refractivity contribution in [1.29, 1.82) is 0 Å². The van der Waals surface area contributed by atoms with Gasteiger partial charge in [0.1, 0.15) is 34.5 Å². The summed E-state index contributed by atoms with van der Waals surface area (Å²) in [4.78, 5) is 0. The Morgan fingerprint density at radius 3 is 1.52 bits per heavy atom. The molecule has 4 aromatic carbocycles. The SMILES string of the molecule is COc1ccc(/C=C2/c3cc(OC)cc(OC)c3[C@H](c3cc(OC)cc(OC)c3)[C@H]2c2ccc(OC)cc2)cc1. The van der Waals surface area contributed by atoms with Crippen LogP contribution in [0.15, 0.2) is 78.9 Å². The second kappa shape index (κ2) is 11.7. The minimum atomic E-state index is -0.0993. The zero-order chi connectivity index (χ0) is 28.2. The minimum Gasteiger partial charge on any atom is -0.497 e. The second-order valence-electron chi connectivity index (χ2n) is 9.54. The molecule has 2 atom stereocenters. The first-order valence-electron chi connectivity index (χ1n) is 13.0. The zero-order valence-electron chi connectivity index (χ0n) is 23.7. The predicted octanol–water partition coefficient (Wildman–Crippen LogP) is 7.21. The van der Waals surface area contributed by atoms with Gasteiger partial charge in [0.2, 0.25) is 0 Å². The highest BCUT2D eigenvalue weighted by Crippen LogP contribution is 2.59. The third-order valence-electron chi connectivity index (χ3n) is 7.51. The molecule has 6 nitrogen and oxygen atoms in total. The predicted molar refractivity (Wildman–Crippen MR) is 158 cm³/mol. The van der Waals surface area contributed by atoms with Crippen molar-refractivity contribution in [2.75, 3.05) is 42.7 Å². The molecule has 40 heavy (non-hydrogen) atoms. The van der Waals surface area contributed by atoms with E-state index in [0.717, 1.165) is 67.9 Å². The van der Waals surface area contributed by atoms with Crippen LogP contribution in [0.4, 0.5) is 0 Å². The molecule has 0 amide bonds. The molecule has 0 unspecified atom stereocenters. The summed E-state index contributed by atoms with van der Waals surface area (Å²) in [6.07, 6.45) is 2.24. The quantitative estimate of drug-likeness (QED) is 0.225. The third kappa shape index (κ3) is 5.05. The van der Waals surface area contributed by atoms with E-state index in [4.69, 9.17) is 28.4 Å². The van der Waals surface area contributed by atoms with Crippen LogP contribution in [0.25, 0.3) is 11.6 Å². The summed E-state index contributed by atoms with van der Waals surface area (Å²) in [5.41, 5.74) is 6.56. The molecule has 0 aromatic heterocycles. The molecule has 0 bridgehead atoms. The highest BCUT2D eigenvalue weighted by atomic mass is 16.5. The van der Waals surface area contributed by atoms with Crippen molar-refractivity contribution in [2.45, 2.75) is 11.8 Å². The number of rotatable bonds is 9. The average molecular weight is 539 g/mol. The summed E-state index contributed by atoms with van der Waals surface area (Å²) >= 11 is 0. The van der Waals surface area contributed by atoms with Crippen LogP contribution in [0.1, 0.15) is 39.7 Å². The molecule has 1 aliphatic rings. The largest absolute Gasteiger partial charge is 0.497 e. The van der Waals surface area contributed by atoms with Crippen molar-refractivity contribution >= 4 is 11.6 Å². The number of fused-ring (bicyclic) bond motifs is 1. The van der Waals surface area contributed by atoms with Crippen molar-refractivity contribution in [3.05, 3.63) is 107 Å². The standard InChI is InChI=1S/C34H34O6/c1-35-24-11-7-21(8-12-24)15-29-30-19-28(39-5)20-31(40-6)34(30)33(23-16-26(37-3)18-27(17-23)38-4)32(29)22-9-13-25(36-2)14-10-22/h7-20,32-33H,1-6H3/b29-15-/t32-,33+/m0/s1. The van der Waals surface area contributed by atoms with Crippen LogP contribution in [0.2, 0.25) is 0 Å². The molecule has 0 heterocycles. The molecule has 6 heteroatoms. The second-order valence-corrected chi connectivity index (χ2v) is 9.54. The number of allylic oxidation sites excluding steroid dienone is 1. The Morgan fingerprint density at radius 1 is 0.475 bits per heavy atom. The van der Waals surface area contributed by atoms with E-state index in [2.05, 4.69) is 48.5 Å². The van der Waals surface area contributed by atoms with Gasteiger partial charge in [-0.2, -0.15) is 0 Å². The van der Waals surface area contributed by atoms with E-state index in [1.807, 2.05) is 36.4 Å². The van der Waals surface area contributed by atoms with Crippen molar-refractivity contribution < 1.29 is 28.4 Å². The third-order valence-corrected chi connectivity index (χ3v) is 7.51.